The van der Waals surface area contributed by atoms with Gasteiger partial charge in [0.25, 0.3) is 0 Å². The molecule has 0 aliphatic heterocycles. The normalized spacial score (nSPS) is 12.6. The average molecular weight is 428 g/mol. The zero-order valence-corrected chi connectivity index (χ0v) is 17.7. The second-order valence-electron chi connectivity index (χ2n) is 7.78. The summed E-state index contributed by atoms with van der Waals surface area (Å²) in [7, 11) is 0. The maximum Gasteiger partial charge on any atom is 0.395 e. The van der Waals surface area contributed by atoms with Gasteiger partial charge < -0.3 is 9.47 Å². The summed E-state index contributed by atoms with van der Waals surface area (Å²) in [6.45, 7) is 3.76. The van der Waals surface area contributed by atoms with E-state index in [4.69, 9.17) is 9.47 Å². The van der Waals surface area contributed by atoms with Crippen molar-refractivity contribution in [2.45, 2.75) is 51.3 Å². The van der Waals surface area contributed by atoms with Crippen molar-refractivity contribution in [3.8, 4) is 17.2 Å². The van der Waals surface area contributed by atoms with E-state index in [1.54, 1.807) is 12.1 Å². The SMILES string of the molecule is CC(C)Oc1ccc(C(CCCc2cccc(Oc3ccccc3)c2)C(F)(F)F)cc1. The molecular formula is C26H27F3O2. The Balaban J connectivity index is 1.62. The molecule has 2 nitrogen and oxygen atoms in total. The average Bonchev–Trinajstić information content (AvgIpc) is 2.72. The van der Waals surface area contributed by atoms with Gasteiger partial charge in [-0.2, -0.15) is 13.2 Å². The van der Waals surface area contributed by atoms with E-state index in [2.05, 4.69) is 0 Å². The number of benzene rings is 3. The van der Waals surface area contributed by atoms with Crippen molar-refractivity contribution in [2.24, 2.45) is 0 Å². The zero-order valence-electron chi connectivity index (χ0n) is 17.7. The minimum absolute atomic E-state index is 0.0223. The fourth-order valence-electron chi connectivity index (χ4n) is 3.47. The van der Waals surface area contributed by atoms with Crippen LogP contribution in [-0.2, 0) is 6.42 Å². The van der Waals surface area contributed by atoms with E-state index < -0.39 is 12.1 Å². The second kappa shape index (κ2) is 10.4. The van der Waals surface area contributed by atoms with Crippen molar-refractivity contribution in [2.75, 3.05) is 0 Å². The highest BCUT2D eigenvalue weighted by Crippen LogP contribution is 2.39. The number of ether oxygens (including phenoxy) is 2. The first-order chi connectivity index (χ1) is 14.8. The molecule has 0 heterocycles. The minimum Gasteiger partial charge on any atom is -0.491 e. The summed E-state index contributed by atoms with van der Waals surface area (Å²) in [5.41, 5.74) is 1.22. The van der Waals surface area contributed by atoms with E-state index in [9.17, 15) is 13.2 Å². The molecule has 0 aliphatic carbocycles. The van der Waals surface area contributed by atoms with Crippen LogP contribution in [0.1, 0.15) is 43.7 Å². The number of halogens is 3. The lowest BCUT2D eigenvalue weighted by atomic mass is 9.92. The Morgan fingerprint density at radius 2 is 1.45 bits per heavy atom. The van der Waals surface area contributed by atoms with Gasteiger partial charge >= 0.3 is 6.18 Å². The van der Waals surface area contributed by atoms with E-state index in [-0.39, 0.29) is 18.1 Å². The summed E-state index contributed by atoms with van der Waals surface area (Å²) >= 11 is 0. The van der Waals surface area contributed by atoms with E-state index in [0.717, 1.165) is 11.3 Å². The fraction of sp³-hybridized carbons (Fsp3) is 0.308. The number of hydrogen-bond acceptors (Lipinski definition) is 2. The third-order valence-corrected chi connectivity index (χ3v) is 4.88. The molecule has 0 fully saturated rings. The van der Waals surface area contributed by atoms with Crippen molar-refractivity contribution in [3.05, 3.63) is 90.0 Å². The molecule has 0 saturated carbocycles. The van der Waals surface area contributed by atoms with Crippen LogP contribution < -0.4 is 9.47 Å². The molecule has 3 aromatic rings. The molecule has 31 heavy (non-hydrogen) atoms. The third kappa shape index (κ3) is 7.06. The lowest BCUT2D eigenvalue weighted by molar-refractivity contribution is -0.152. The molecular weight excluding hydrogens is 401 g/mol. The van der Waals surface area contributed by atoms with Crippen LogP contribution >= 0.6 is 0 Å². The van der Waals surface area contributed by atoms with Crippen LogP contribution in [0.4, 0.5) is 13.2 Å². The predicted molar refractivity (Wildman–Crippen MR) is 117 cm³/mol. The molecule has 1 unspecified atom stereocenters. The van der Waals surface area contributed by atoms with Gasteiger partial charge in [-0.3, -0.25) is 0 Å². The summed E-state index contributed by atoms with van der Waals surface area (Å²) in [6.07, 6.45) is -3.32. The Morgan fingerprint density at radius 3 is 2.10 bits per heavy atom. The first-order valence-electron chi connectivity index (χ1n) is 10.5. The van der Waals surface area contributed by atoms with Crippen LogP contribution in [0, 0.1) is 0 Å². The van der Waals surface area contributed by atoms with Gasteiger partial charge in [0.15, 0.2) is 0 Å². The largest absolute Gasteiger partial charge is 0.491 e. The van der Waals surface area contributed by atoms with Gasteiger partial charge in [0, 0.05) is 0 Å². The van der Waals surface area contributed by atoms with Gasteiger partial charge in [0.2, 0.25) is 0 Å². The monoisotopic (exact) mass is 428 g/mol. The minimum atomic E-state index is -4.29. The molecule has 0 bridgehead atoms. The van der Waals surface area contributed by atoms with Gasteiger partial charge in [-0.25, -0.2) is 0 Å². The molecule has 0 N–H and O–H groups in total. The Morgan fingerprint density at radius 1 is 0.774 bits per heavy atom. The third-order valence-electron chi connectivity index (χ3n) is 4.88. The Labute approximate surface area is 181 Å². The van der Waals surface area contributed by atoms with Gasteiger partial charge in [-0.05, 0) is 80.6 Å². The summed E-state index contributed by atoms with van der Waals surface area (Å²) in [5.74, 6) is 0.484. The summed E-state index contributed by atoms with van der Waals surface area (Å²) in [6, 6.07) is 23.2. The molecule has 164 valence electrons. The maximum absolute atomic E-state index is 13.7. The quantitative estimate of drug-likeness (QED) is 0.344. The molecule has 5 heteroatoms. The topological polar surface area (TPSA) is 18.5 Å². The summed E-state index contributed by atoms with van der Waals surface area (Å²) in [5, 5.41) is 0. The van der Waals surface area contributed by atoms with E-state index in [1.165, 1.54) is 12.1 Å². The van der Waals surface area contributed by atoms with Crippen LogP contribution in [0.25, 0.3) is 0 Å². The van der Waals surface area contributed by atoms with Crippen LogP contribution in [0.3, 0.4) is 0 Å². The second-order valence-corrected chi connectivity index (χ2v) is 7.78. The van der Waals surface area contributed by atoms with E-state index in [0.29, 0.717) is 24.3 Å². The molecule has 0 amide bonds. The molecule has 0 spiro atoms. The lowest BCUT2D eigenvalue weighted by Gasteiger charge is -2.21. The Bertz CT molecular complexity index is 935. The predicted octanol–water partition coefficient (Wildman–Crippen LogP) is 7.93. The molecule has 3 rings (SSSR count). The van der Waals surface area contributed by atoms with Crippen molar-refractivity contribution >= 4 is 0 Å². The summed E-state index contributed by atoms with van der Waals surface area (Å²) in [4.78, 5) is 0. The van der Waals surface area contributed by atoms with E-state index in [1.807, 2.05) is 68.4 Å². The first kappa shape index (κ1) is 22.7. The molecule has 3 aromatic carbocycles. The number of alkyl halides is 3. The smallest absolute Gasteiger partial charge is 0.395 e. The highest BCUT2D eigenvalue weighted by molar-refractivity contribution is 5.34. The van der Waals surface area contributed by atoms with Gasteiger partial charge in [0.05, 0.1) is 12.0 Å². The van der Waals surface area contributed by atoms with Crippen LogP contribution in [0.5, 0.6) is 17.2 Å². The molecule has 0 aliphatic rings. The van der Waals surface area contributed by atoms with Gasteiger partial charge in [-0.15, -0.1) is 0 Å². The fourth-order valence-corrected chi connectivity index (χ4v) is 3.47. The number of rotatable bonds is 9. The highest BCUT2D eigenvalue weighted by atomic mass is 19.4. The molecule has 0 aromatic heterocycles. The Kier molecular flexibility index (Phi) is 7.61. The highest BCUT2D eigenvalue weighted by Gasteiger charge is 2.40. The van der Waals surface area contributed by atoms with Crippen molar-refractivity contribution in [3.63, 3.8) is 0 Å². The van der Waals surface area contributed by atoms with Crippen molar-refractivity contribution in [1.82, 2.24) is 0 Å². The Hall–Kier alpha value is -2.95. The number of para-hydroxylation sites is 1. The van der Waals surface area contributed by atoms with Crippen LogP contribution in [0.15, 0.2) is 78.9 Å². The van der Waals surface area contributed by atoms with Crippen LogP contribution in [-0.4, -0.2) is 12.3 Å². The lowest BCUT2D eigenvalue weighted by Crippen LogP contribution is -2.21. The molecule has 0 radical (unpaired) electrons. The first-order valence-corrected chi connectivity index (χ1v) is 10.5. The maximum atomic E-state index is 13.7. The number of aryl methyl sites for hydroxylation is 1. The molecule has 0 saturated heterocycles. The van der Waals surface area contributed by atoms with Gasteiger partial charge in [-0.1, -0.05) is 42.5 Å². The van der Waals surface area contributed by atoms with Crippen molar-refractivity contribution in [1.29, 1.82) is 0 Å². The van der Waals surface area contributed by atoms with Crippen LogP contribution in [0.2, 0.25) is 0 Å². The molecule has 1 atom stereocenters. The number of hydrogen-bond donors (Lipinski definition) is 0. The summed E-state index contributed by atoms with van der Waals surface area (Å²) < 4.78 is 52.4. The van der Waals surface area contributed by atoms with E-state index >= 15 is 0 Å². The van der Waals surface area contributed by atoms with Gasteiger partial charge in [0.1, 0.15) is 17.2 Å². The zero-order chi connectivity index (χ0) is 22.3. The van der Waals surface area contributed by atoms with Crippen molar-refractivity contribution < 1.29 is 22.6 Å². The standard InChI is InChI=1S/C26H27F3O2/c1-19(2)30-23-16-14-21(15-17-23)25(26(27,28)29)13-7-9-20-8-6-12-24(18-20)31-22-10-4-3-5-11-22/h3-6,8,10-12,14-19,25H,7,9,13H2,1-2H3.